The minimum atomic E-state index is -4.37. The van der Waals surface area contributed by atoms with Gasteiger partial charge in [-0.3, -0.25) is 4.98 Å². The first-order valence-electron chi connectivity index (χ1n) is 7.53. The Balaban J connectivity index is 2.19. The first kappa shape index (κ1) is 18.2. The highest BCUT2D eigenvalue weighted by atomic mass is 32.2. The van der Waals surface area contributed by atoms with Crippen LogP contribution in [0.4, 0.5) is 0 Å². The van der Waals surface area contributed by atoms with Gasteiger partial charge in [-0.1, -0.05) is 0 Å². The summed E-state index contributed by atoms with van der Waals surface area (Å²) in [4.78, 5) is 29.7. The van der Waals surface area contributed by atoms with Gasteiger partial charge in [0, 0.05) is 18.6 Å². The van der Waals surface area contributed by atoms with Crippen LogP contribution in [-0.2, 0) is 9.84 Å². The number of aromatic nitrogens is 2. The predicted molar refractivity (Wildman–Crippen MR) is 93.3 cm³/mol. The number of aromatic carboxylic acids is 2. The maximum atomic E-state index is 13.0. The summed E-state index contributed by atoms with van der Waals surface area (Å²) in [6.45, 7) is 0. The standard InChI is InChI=1S/C18H12N2O6S/c21-17(22)13-1-2-14(18(23)24)15(9-13)27(25,26)16-10-12(5-8-20-16)11-3-6-19-7-4-11/h1-10H,(H,21,22)(H,23,24). The van der Waals surface area contributed by atoms with E-state index >= 15 is 0 Å². The molecule has 8 nitrogen and oxygen atoms in total. The van der Waals surface area contributed by atoms with Gasteiger partial charge < -0.3 is 10.2 Å². The molecule has 0 bridgehead atoms. The second-order valence-electron chi connectivity index (χ2n) is 5.44. The molecule has 3 rings (SSSR count). The summed E-state index contributed by atoms with van der Waals surface area (Å²) in [5.41, 5.74) is 0.360. The van der Waals surface area contributed by atoms with Gasteiger partial charge in [-0.05, 0) is 53.6 Å². The molecule has 2 N–H and O–H groups in total. The predicted octanol–water partition coefficient (Wildman–Crippen LogP) is 2.37. The second-order valence-corrected chi connectivity index (χ2v) is 7.31. The van der Waals surface area contributed by atoms with Crippen LogP contribution < -0.4 is 0 Å². The van der Waals surface area contributed by atoms with Gasteiger partial charge >= 0.3 is 11.9 Å². The third-order valence-electron chi connectivity index (χ3n) is 3.77. The van der Waals surface area contributed by atoms with E-state index < -0.39 is 32.2 Å². The van der Waals surface area contributed by atoms with Crippen molar-refractivity contribution >= 4 is 21.8 Å². The molecule has 0 saturated carbocycles. The van der Waals surface area contributed by atoms with Crippen LogP contribution >= 0.6 is 0 Å². The topological polar surface area (TPSA) is 135 Å². The molecule has 0 spiro atoms. The molecule has 9 heteroatoms. The van der Waals surface area contributed by atoms with Crippen molar-refractivity contribution in [3.8, 4) is 11.1 Å². The van der Waals surface area contributed by atoms with Gasteiger partial charge in [0.15, 0.2) is 5.03 Å². The van der Waals surface area contributed by atoms with Crippen molar-refractivity contribution in [3.63, 3.8) is 0 Å². The molecule has 27 heavy (non-hydrogen) atoms. The summed E-state index contributed by atoms with van der Waals surface area (Å²) in [5, 5.41) is 18.0. The van der Waals surface area contributed by atoms with Gasteiger partial charge in [0.05, 0.1) is 16.0 Å². The number of carbonyl (C=O) groups is 2. The maximum Gasteiger partial charge on any atom is 0.337 e. The first-order valence-corrected chi connectivity index (χ1v) is 9.01. The third-order valence-corrected chi connectivity index (χ3v) is 5.46. The Hall–Kier alpha value is -3.59. The lowest BCUT2D eigenvalue weighted by Gasteiger charge is -2.10. The van der Waals surface area contributed by atoms with Gasteiger partial charge in [0.2, 0.25) is 9.84 Å². The van der Waals surface area contributed by atoms with Crippen LogP contribution in [0, 0.1) is 0 Å². The molecule has 2 aromatic heterocycles. The van der Waals surface area contributed by atoms with E-state index in [2.05, 4.69) is 9.97 Å². The molecule has 0 amide bonds. The minimum absolute atomic E-state index is 0.344. The van der Waals surface area contributed by atoms with Gasteiger partial charge in [-0.2, -0.15) is 0 Å². The van der Waals surface area contributed by atoms with Crippen molar-refractivity contribution < 1.29 is 28.2 Å². The van der Waals surface area contributed by atoms with E-state index in [1.165, 1.54) is 12.3 Å². The third kappa shape index (κ3) is 3.53. The van der Waals surface area contributed by atoms with Gasteiger partial charge in [-0.15, -0.1) is 0 Å². The molecular weight excluding hydrogens is 372 g/mol. The Morgan fingerprint density at radius 1 is 0.815 bits per heavy atom. The molecule has 3 aromatic rings. The number of hydrogen-bond acceptors (Lipinski definition) is 6. The van der Waals surface area contributed by atoms with Crippen LogP contribution in [-0.4, -0.2) is 40.5 Å². The van der Waals surface area contributed by atoms with E-state index in [1.54, 1.807) is 30.6 Å². The van der Waals surface area contributed by atoms with Crippen LogP contribution in [0.2, 0.25) is 0 Å². The average molecular weight is 384 g/mol. The zero-order valence-corrected chi connectivity index (χ0v) is 14.4. The highest BCUT2D eigenvalue weighted by molar-refractivity contribution is 7.91. The maximum absolute atomic E-state index is 13.0. The summed E-state index contributed by atoms with van der Waals surface area (Å²) in [6, 6.07) is 9.06. The van der Waals surface area contributed by atoms with E-state index in [-0.39, 0.29) is 10.6 Å². The van der Waals surface area contributed by atoms with Crippen molar-refractivity contribution in [2.75, 3.05) is 0 Å². The molecule has 0 saturated heterocycles. The fourth-order valence-corrected chi connectivity index (χ4v) is 3.88. The number of benzene rings is 1. The van der Waals surface area contributed by atoms with Crippen molar-refractivity contribution in [1.82, 2.24) is 9.97 Å². The van der Waals surface area contributed by atoms with E-state index in [0.717, 1.165) is 18.2 Å². The molecule has 0 aliphatic rings. The lowest BCUT2D eigenvalue weighted by Crippen LogP contribution is -2.12. The zero-order valence-electron chi connectivity index (χ0n) is 13.6. The first-order chi connectivity index (χ1) is 12.8. The van der Waals surface area contributed by atoms with Crippen molar-refractivity contribution in [2.24, 2.45) is 0 Å². The quantitative estimate of drug-likeness (QED) is 0.684. The normalized spacial score (nSPS) is 11.1. The SMILES string of the molecule is O=C(O)c1ccc(C(=O)O)c(S(=O)(=O)c2cc(-c3ccncc3)ccn2)c1. The number of hydrogen-bond donors (Lipinski definition) is 2. The van der Waals surface area contributed by atoms with E-state index in [1.807, 2.05) is 0 Å². The van der Waals surface area contributed by atoms with Crippen LogP contribution in [0.25, 0.3) is 11.1 Å². The van der Waals surface area contributed by atoms with Crippen LogP contribution in [0.1, 0.15) is 20.7 Å². The molecule has 0 atom stereocenters. The Kier molecular flexibility index (Phi) is 4.70. The molecule has 0 unspecified atom stereocenters. The lowest BCUT2D eigenvalue weighted by atomic mass is 10.1. The Bertz CT molecular complexity index is 1140. The van der Waals surface area contributed by atoms with E-state index in [4.69, 9.17) is 5.11 Å². The van der Waals surface area contributed by atoms with Crippen LogP contribution in [0.5, 0.6) is 0 Å². The number of sulfone groups is 1. The fourth-order valence-electron chi connectivity index (χ4n) is 2.45. The molecule has 0 aliphatic carbocycles. The largest absolute Gasteiger partial charge is 0.478 e. The van der Waals surface area contributed by atoms with Crippen molar-refractivity contribution in [3.05, 3.63) is 72.2 Å². The summed E-state index contributed by atoms with van der Waals surface area (Å²) in [7, 11) is -4.37. The number of nitrogens with zero attached hydrogens (tertiary/aromatic N) is 2. The second kappa shape index (κ2) is 6.96. The summed E-state index contributed by atoms with van der Waals surface area (Å²) in [6.07, 6.45) is 4.37. The zero-order chi connectivity index (χ0) is 19.6. The Morgan fingerprint density at radius 2 is 1.48 bits per heavy atom. The highest BCUT2D eigenvalue weighted by Crippen LogP contribution is 2.27. The van der Waals surface area contributed by atoms with Gasteiger partial charge in [-0.25, -0.2) is 23.0 Å². The molecule has 2 heterocycles. The van der Waals surface area contributed by atoms with Gasteiger partial charge in [0.1, 0.15) is 0 Å². The fraction of sp³-hybridized carbons (Fsp3) is 0. The molecule has 0 radical (unpaired) electrons. The minimum Gasteiger partial charge on any atom is -0.478 e. The molecule has 0 aliphatic heterocycles. The number of pyridine rings is 2. The van der Waals surface area contributed by atoms with Gasteiger partial charge in [0.25, 0.3) is 0 Å². The Morgan fingerprint density at radius 3 is 2.11 bits per heavy atom. The van der Waals surface area contributed by atoms with E-state index in [9.17, 15) is 23.1 Å². The lowest BCUT2D eigenvalue weighted by molar-refractivity contribution is 0.0678. The molecular formula is C18H12N2O6S. The monoisotopic (exact) mass is 384 g/mol. The summed E-state index contributed by atoms with van der Waals surface area (Å²) >= 11 is 0. The highest BCUT2D eigenvalue weighted by Gasteiger charge is 2.27. The molecule has 136 valence electrons. The molecule has 1 aromatic carbocycles. The van der Waals surface area contributed by atoms with Crippen molar-refractivity contribution in [2.45, 2.75) is 9.92 Å². The number of carboxylic acid groups (broad SMARTS) is 2. The summed E-state index contributed by atoms with van der Waals surface area (Å²) in [5.74, 6) is -2.86. The van der Waals surface area contributed by atoms with Crippen molar-refractivity contribution in [1.29, 1.82) is 0 Å². The smallest absolute Gasteiger partial charge is 0.337 e. The van der Waals surface area contributed by atoms with Crippen LogP contribution in [0.3, 0.4) is 0 Å². The molecule has 0 fully saturated rings. The number of rotatable bonds is 5. The summed E-state index contributed by atoms with van der Waals surface area (Å²) < 4.78 is 26.0. The van der Waals surface area contributed by atoms with E-state index in [0.29, 0.717) is 11.1 Å². The van der Waals surface area contributed by atoms with Crippen LogP contribution in [0.15, 0.2) is 71.0 Å². The average Bonchev–Trinajstić information content (AvgIpc) is 2.68. The Labute approximate surface area is 153 Å². The number of carboxylic acids is 2.